The fourth-order valence-electron chi connectivity index (χ4n) is 2.69. The fourth-order valence-corrected chi connectivity index (χ4v) is 2.69. The van der Waals surface area contributed by atoms with E-state index in [-0.39, 0.29) is 5.82 Å². The monoisotopic (exact) mass is 248 g/mol. The zero-order chi connectivity index (χ0) is 12.4. The molecule has 1 N–H and O–H groups in total. The van der Waals surface area contributed by atoms with Crippen molar-refractivity contribution in [3.05, 3.63) is 35.6 Å². The normalized spacial score (nSPS) is 24.6. The van der Waals surface area contributed by atoms with Gasteiger partial charge in [-0.05, 0) is 49.9 Å². The Morgan fingerprint density at radius 1 is 1.11 bits per heavy atom. The summed E-state index contributed by atoms with van der Waals surface area (Å²) in [6.45, 7) is 3.47. The lowest BCUT2D eigenvalue weighted by atomic mass is 10.1. The van der Waals surface area contributed by atoms with Crippen molar-refractivity contribution in [3.63, 3.8) is 0 Å². The lowest BCUT2D eigenvalue weighted by molar-refractivity contribution is 0.331. The van der Waals surface area contributed by atoms with Crippen molar-refractivity contribution in [2.75, 3.05) is 19.6 Å². The first kappa shape index (κ1) is 12.1. The summed E-state index contributed by atoms with van der Waals surface area (Å²) in [4.78, 5) is 2.52. The highest BCUT2D eigenvalue weighted by atomic mass is 19.1. The molecule has 1 aliphatic heterocycles. The molecule has 98 valence electrons. The molecule has 2 nitrogen and oxygen atoms in total. The van der Waals surface area contributed by atoms with E-state index >= 15 is 0 Å². The molecule has 0 aromatic heterocycles. The highest BCUT2D eigenvalue weighted by molar-refractivity contribution is 5.16. The predicted octanol–water partition coefficient (Wildman–Crippen LogP) is 2.19. The molecule has 1 atom stereocenters. The standard InChI is InChI=1S/C15H21FN2/c16-13-3-1-12(2-4-13)7-9-18-10-8-15(11-18)17-14-5-6-14/h1-4,14-15,17H,5-11H2. The van der Waals surface area contributed by atoms with Gasteiger partial charge in [0.05, 0.1) is 0 Å². The number of likely N-dealkylation sites (tertiary alicyclic amines) is 1. The van der Waals surface area contributed by atoms with Crippen LogP contribution in [0.15, 0.2) is 24.3 Å². The minimum absolute atomic E-state index is 0.145. The summed E-state index contributed by atoms with van der Waals surface area (Å²) in [6.07, 6.45) is 5.04. The van der Waals surface area contributed by atoms with Gasteiger partial charge < -0.3 is 10.2 Å². The molecule has 0 spiro atoms. The average molecular weight is 248 g/mol. The molecule has 1 aromatic carbocycles. The van der Waals surface area contributed by atoms with Crippen LogP contribution in [0.2, 0.25) is 0 Å². The van der Waals surface area contributed by atoms with Crippen molar-refractivity contribution in [3.8, 4) is 0 Å². The fraction of sp³-hybridized carbons (Fsp3) is 0.600. The zero-order valence-corrected chi connectivity index (χ0v) is 10.7. The summed E-state index contributed by atoms with van der Waals surface area (Å²) in [5.74, 6) is -0.145. The van der Waals surface area contributed by atoms with E-state index in [0.29, 0.717) is 6.04 Å². The van der Waals surface area contributed by atoms with Gasteiger partial charge in [-0.3, -0.25) is 0 Å². The van der Waals surface area contributed by atoms with Gasteiger partial charge in [0, 0.05) is 25.2 Å². The van der Waals surface area contributed by atoms with Gasteiger partial charge in [0.15, 0.2) is 0 Å². The molecule has 1 aliphatic carbocycles. The Hall–Kier alpha value is -0.930. The summed E-state index contributed by atoms with van der Waals surface area (Å²) in [6, 6.07) is 8.40. The van der Waals surface area contributed by atoms with Crippen LogP contribution in [0.5, 0.6) is 0 Å². The maximum Gasteiger partial charge on any atom is 0.123 e. The van der Waals surface area contributed by atoms with Gasteiger partial charge >= 0.3 is 0 Å². The molecule has 1 aromatic rings. The van der Waals surface area contributed by atoms with Gasteiger partial charge in [0.1, 0.15) is 5.82 Å². The maximum atomic E-state index is 12.8. The summed E-state index contributed by atoms with van der Waals surface area (Å²) in [7, 11) is 0. The molecule has 0 bridgehead atoms. The topological polar surface area (TPSA) is 15.3 Å². The summed E-state index contributed by atoms with van der Waals surface area (Å²) in [5.41, 5.74) is 1.23. The van der Waals surface area contributed by atoms with Crippen molar-refractivity contribution < 1.29 is 4.39 Å². The number of nitrogens with one attached hydrogen (secondary N) is 1. The first-order valence-corrected chi connectivity index (χ1v) is 7.02. The highest BCUT2D eigenvalue weighted by Crippen LogP contribution is 2.22. The van der Waals surface area contributed by atoms with Crippen LogP contribution in [0.4, 0.5) is 4.39 Å². The number of hydrogen-bond acceptors (Lipinski definition) is 2. The van der Waals surface area contributed by atoms with E-state index in [1.54, 1.807) is 12.1 Å². The van der Waals surface area contributed by atoms with E-state index in [9.17, 15) is 4.39 Å². The lowest BCUT2D eigenvalue weighted by Gasteiger charge is -2.16. The van der Waals surface area contributed by atoms with E-state index in [1.165, 1.54) is 37.9 Å². The second-order valence-electron chi connectivity index (χ2n) is 5.60. The van der Waals surface area contributed by atoms with Crippen LogP contribution in [0.1, 0.15) is 24.8 Å². The first-order chi connectivity index (χ1) is 8.79. The van der Waals surface area contributed by atoms with Crippen LogP contribution in [-0.2, 0) is 6.42 Å². The van der Waals surface area contributed by atoms with Crippen molar-refractivity contribution in [1.82, 2.24) is 10.2 Å². The SMILES string of the molecule is Fc1ccc(CCN2CCC(NC3CC3)C2)cc1. The van der Waals surface area contributed by atoms with Gasteiger partial charge in [-0.1, -0.05) is 12.1 Å². The molecule has 2 aliphatic rings. The molecule has 0 radical (unpaired) electrons. The summed E-state index contributed by atoms with van der Waals surface area (Å²) >= 11 is 0. The average Bonchev–Trinajstić information content (AvgIpc) is 3.07. The minimum atomic E-state index is -0.145. The molecule has 18 heavy (non-hydrogen) atoms. The third-order valence-electron chi connectivity index (χ3n) is 3.95. The quantitative estimate of drug-likeness (QED) is 0.859. The molecule has 0 amide bonds. The molecule has 1 heterocycles. The van der Waals surface area contributed by atoms with E-state index in [1.807, 2.05) is 12.1 Å². The molecular weight excluding hydrogens is 227 g/mol. The molecule has 3 heteroatoms. The number of halogens is 1. The number of nitrogens with zero attached hydrogens (tertiary/aromatic N) is 1. The lowest BCUT2D eigenvalue weighted by Crippen LogP contribution is -2.34. The zero-order valence-electron chi connectivity index (χ0n) is 10.7. The van der Waals surface area contributed by atoms with Crippen LogP contribution < -0.4 is 5.32 Å². The van der Waals surface area contributed by atoms with Crippen molar-refractivity contribution in [1.29, 1.82) is 0 Å². The first-order valence-electron chi connectivity index (χ1n) is 7.02. The van der Waals surface area contributed by atoms with E-state index in [4.69, 9.17) is 0 Å². The Balaban J connectivity index is 1.42. The van der Waals surface area contributed by atoms with Crippen LogP contribution in [0, 0.1) is 5.82 Å². The third-order valence-corrected chi connectivity index (χ3v) is 3.95. The molecule has 1 unspecified atom stereocenters. The Morgan fingerprint density at radius 3 is 2.61 bits per heavy atom. The molecule has 3 rings (SSSR count). The van der Waals surface area contributed by atoms with Gasteiger partial charge in [-0.25, -0.2) is 4.39 Å². The third kappa shape index (κ3) is 3.30. The highest BCUT2D eigenvalue weighted by Gasteiger charge is 2.28. The summed E-state index contributed by atoms with van der Waals surface area (Å²) < 4.78 is 12.8. The van der Waals surface area contributed by atoms with Gasteiger partial charge in [0.2, 0.25) is 0 Å². The van der Waals surface area contributed by atoms with E-state index < -0.39 is 0 Å². The Morgan fingerprint density at radius 2 is 1.89 bits per heavy atom. The smallest absolute Gasteiger partial charge is 0.123 e. The van der Waals surface area contributed by atoms with Gasteiger partial charge in [0.25, 0.3) is 0 Å². The van der Waals surface area contributed by atoms with Crippen molar-refractivity contribution in [2.45, 2.75) is 37.8 Å². The number of rotatable bonds is 5. The molecular formula is C15H21FN2. The van der Waals surface area contributed by atoms with Gasteiger partial charge in [-0.2, -0.15) is 0 Å². The van der Waals surface area contributed by atoms with Crippen molar-refractivity contribution in [2.24, 2.45) is 0 Å². The molecule has 2 fully saturated rings. The van der Waals surface area contributed by atoms with E-state index in [2.05, 4.69) is 10.2 Å². The predicted molar refractivity (Wildman–Crippen MR) is 71.1 cm³/mol. The van der Waals surface area contributed by atoms with Crippen LogP contribution in [0.3, 0.4) is 0 Å². The molecule has 1 saturated heterocycles. The van der Waals surface area contributed by atoms with Crippen LogP contribution >= 0.6 is 0 Å². The maximum absolute atomic E-state index is 12.8. The Bertz CT molecular complexity index is 386. The Kier molecular flexibility index (Phi) is 3.62. The number of benzene rings is 1. The second-order valence-corrected chi connectivity index (χ2v) is 5.60. The largest absolute Gasteiger partial charge is 0.310 e. The molecule has 1 saturated carbocycles. The van der Waals surface area contributed by atoms with Crippen LogP contribution in [-0.4, -0.2) is 36.6 Å². The van der Waals surface area contributed by atoms with Crippen molar-refractivity contribution >= 4 is 0 Å². The number of hydrogen-bond donors (Lipinski definition) is 1. The van der Waals surface area contributed by atoms with Crippen LogP contribution in [0.25, 0.3) is 0 Å². The van der Waals surface area contributed by atoms with Gasteiger partial charge in [-0.15, -0.1) is 0 Å². The summed E-state index contributed by atoms with van der Waals surface area (Å²) in [5, 5.41) is 3.70. The Labute approximate surface area is 108 Å². The minimum Gasteiger partial charge on any atom is -0.310 e. The van der Waals surface area contributed by atoms with E-state index in [0.717, 1.165) is 19.0 Å². The second kappa shape index (κ2) is 5.37.